The molecule has 0 saturated carbocycles. The Bertz CT molecular complexity index is 382. The molecule has 0 aromatic heterocycles. The van der Waals surface area contributed by atoms with Gasteiger partial charge in [0.15, 0.2) is 0 Å². The highest BCUT2D eigenvalue weighted by atomic mass is 127. The predicted molar refractivity (Wildman–Crippen MR) is 72.3 cm³/mol. The van der Waals surface area contributed by atoms with Crippen LogP contribution in [0.3, 0.4) is 0 Å². The van der Waals surface area contributed by atoms with E-state index < -0.39 is 6.04 Å². The Morgan fingerprint density at radius 3 is 2.62 bits per heavy atom. The Labute approximate surface area is 115 Å². The van der Waals surface area contributed by atoms with Crippen LogP contribution >= 0.6 is 38.5 Å². The van der Waals surface area contributed by atoms with E-state index in [1.165, 1.54) is 0 Å². The largest absolute Gasteiger partial charge is 0.394 e. The van der Waals surface area contributed by atoms with Crippen LogP contribution in [0.2, 0.25) is 0 Å². The number of nitrogens with one attached hydrogen (secondary N) is 1. The van der Waals surface area contributed by atoms with Crippen LogP contribution in [0.25, 0.3) is 0 Å². The molecule has 0 fully saturated rings. The predicted octanol–water partition coefficient (Wildman–Crippen LogP) is 1.14. The lowest BCUT2D eigenvalue weighted by Crippen LogP contribution is -2.40. The lowest BCUT2D eigenvalue weighted by molar-refractivity contribution is 0.0878. The summed E-state index contributed by atoms with van der Waals surface area (Å²) in [5, 5.41) is 20.3. The zero-order valence-electron chi connectivity index (χ0n) is 8.28. The number of amides is 1. The number of hydrogen-bond donors (Lipinski definition) is 3. The van der Waals surface area contributed by atoms with Crippen molar-refractivity contribution in [3.05, 3.63) is 31.8 Å². The van der Waals surface area contributed by atoms with E-state index in [2.05, 4.69) is 43.8 Å². The Morgan fingerprint density at radius 2 is 2.06 bits per heavy atom. The molecule has 16 heavy (non-hydrogen) atoms. The highest BCUT2D eigenvalue weighted by Crippen LogP contribution is 2.18. The van der Waals surface area contributed by atoms with Crippen LogP contribution in [0.5, 0.6) is 0 Å². The van der Waals surface area contributed by atoms with Crippen LogP contribution in [0, 0.1) is 3.57 Å². The Hall–Kier alpha value is -0.180. The molecule has 0 heterocycles. The van der Waals surface area contributed by atoms with E-state index in [0.717, 1.165) is 8.04 Å². The highest BCUT2D eigenvalue weighted by molar-refractivity contribution is 14.1. The smallest absolute Gasteiger partial charge is 0.252 e. The third kappa shape index (κ3) is 3.69. The molecule has 0 radical (unpaired) electrons. The molecule has 0 bridgehead atoms. The first-order chi connectivity index (χ1) is 7.58. The van der Waals surface area contributed by atoms with E-state index in [0.29, 0.717) is 5.56 Å². The van der Waals surface area contributed by atoms with Gasteiger partial charge in [0.05, 0.1) is 24.8 Å². The molecule has 0 aliphatic rings. The fraction of sp³-hybridized carbons (Fsp3) is 0.300. The maximum Gasteiger partial charge on any atom is 0.252 e. The second-order valence-electron chi connectivity index (χ2n) is 3.16. The van der Waals surface area contributed by atoms with Gasteiger partial charge < -0.3 is 15.5 Å². The average Bonchev–Trinajstić information content (AvgIpc) is 2.28. The minimum absolute atomic E-state index is 0.285. The van der Waals surface area contributed by atoms with Crippen molar-refractivity contribution in [2.24, 2.45) is 0 Å². The summed E-state index contributed by atoms with van der Waals surface area (Å²) in [5.41, 5.74) is 0.516. The van der Waals surface area contributed by atoms with Crippen LogP contribution in [0.4, 0.5) is 0 Å². The molecule has 0 spiro atoms. The molecule has 0 unspecified atom stereocenters. The summed E-state index contributed by atoms with van der Waals surface area (Å²) in [7, 11) is 0. The highest BCUT2D eigenvalue weighted by Gasteiger charge is 2.14. The van der Waals surface area contributed by atoms with E-state index in [1.807, 2.05) is 12.1 Å². The first-order valence-electron chi connectivity index (χ1n) is 4.56. The maximum absolute atomic E-state index is 11.8. The fourth-order valence-electron chi connectivity index (χ4n) is 1.08. The minimum atomic E-state index is -0.623. The van der Waals surface area contributed by atoms with Crippen molar-refractivity contribution >= 4 is 44.4 Å². The Kier molecular flexibility index (Phi) is 5.67. The Balaban J connectivity index is 2.83. The molecule has 0 aliphatic carbocycles. The maximum atomic E-state index is 11.8. The second kappa shape index (κ2) is 6.53. The summed E-state index contributed by atoms with van der Waals surface area (Å²) in [6.45, 7) is -0.570. The Morgan fingerprint density at radius 1 is 1.44 bits per heavy atom. The van der Waals surface area contributed by atoms with Gasteiger partial charge in [0.25, 0.3) is 5.91 Å². The molecular formula is C10H11BrINO3. The molecule has 1 aromatic rings. The number of carbonyl (C=O) groups is 1. The number of aliphatic hydroxyl groups excluding tert-OH is 2. The third-order valence-electron chi connectivity index (χ3n) is 1.95. The lowest BCUT2D eigenvalue weighted by atomic mass is 10.2. The summed E-state index contributed by atoms with van der Waals surface area (Å²) >= 11 is 5.34. The molecule has 4 nitrogen and oxygen atoms in total. The van der Waals surface area contributed by atoms with Crippen LogP contribution in [-0.4, -0.2) is 35.4 Å². The van der Waals surface area contributed by atoms with Crippen LogP contribution < -0.4 is 5.32 Å². The molecule has 6 heteroatoms. The van der Waals surface area contributed by atoms with E-state index in [4.69, 9.17) is 10.2 Å². The van der Waals surface area contributed by atoms with Gasteiger partial charge in [-0.3, -0.25) is 4.79 Å². The molecule has 1 aromatic carbocycles. The molecule has 1 rings (SSSR count). The quantitative estimate of drug-likeness (QED) is 0.665. The van der Waals surface area contributed by atoms with Crippen molar-refractivity contribution in [1.82, 2.24) is 5.32 Å². The number of hydrogen-bond acceptors (Lipinski definition) is 3. The molecule has 0 saturated heterocycles. The molecular weight excluding hydrogens is 389 g/mol. The van der Waals surface area contributed by atoms with Gasteiger partial charge in [-0.25, -0.2) is 0 Å². The SMILES string of the molecule is O=C(NC(CO)CO)c1cc(Br)ccc1I. The van der Waals surface area contributed by atoms with Gasteiger partial charge in [-0.15, -0.1) is 0 Å². The monoisotopic (exact) mass is 399 g/mol. The minimum Gasteiger partial charge on any atom is -0.394 e. The molecule has 3 N–H and O–H groups in total. The second-order valence-corrected chi connectivity index (χ2v) is 5.24. The first kappa shape index (κ1) is 13.9. The van der Waals surface area contributed by atoms with Crippen molar-refractivity contribution in [2.45, 2.75) is 6.04 Å². The molecule has 0 atom stereocenters. The van der Waals surface area contributed by atoms with Crippen molar-refractivity contribution in [1.29, 1.82) is 0 Å². The topological polar surface area (TPSA) is 69.6 Å². The zero-order valence-corrected chi connectivity index (χ0v) is 12.0. The number of aliphatic hydroxyl groups is 2. The number of rotatable bonds is 4. The van der Waals surface area contributed by atoms with E-state index >= 15 is 0 Å². The van der Waals surface area contributed by atoms with Gasteiger partial charge in [0, 0.05) is 8.04 Å². The zero-order chi connectivity index (χ0) is 12.1. The van der Waals surface area contributed by atoms with E-state index in [-0.39, 0.29) is 19.1 Å². The summed E-state index contributed by atoms with van der Waals surface area (Å²) in [6.07, 6.45) is 0. The van der Waals surface area contributed by atoms with Crippen LogP contribution in [-0.2, 0) is 0 Å². The summed E-state index contributed by atoms with van der Waals surface area (Å²) in [5.74, 6) is -0.307. The summed E-state index contributed by atoms with van der Waals surface area (Å²) < 4.78 is 1.62. The number of halogens is 2. The number of carbonyl (C=O) groups excluding carboxylic acids is 1. The number of benzene rings is 1. The van der Waals surface area contributed by atoms with Crippen LogP contribution in [0.1, 0.15) is 10.4 Å². The summed E-state index contributed by atoms with van der Waals surface area (Å²) in [4.78, 5) is 11.8. The van der Waals surface area contributed by atoms with Gasteiger partial charge >= 0.3 is 0 Å². The van der Waals surface area contributed by atoms with E-state index in [9.17, 15) is 4.79 Å². The molecule has 1 amide bonds. The van der Waals surface area contributed by atoms with Crippen molar-refractivity contribution in [2.75, 3.05) is 13.2 Å². The lowest BCUT2D eigenvalue weighted by Gasteiger charge is -2.14. The van der Waals surface area contributed by atoms with Gasteiger partial charge in [0.2, 0.25) is 0 Å². The fourth-order valence-corrected chi connectivity index (χ4v) is 2.03. The summed E-state index contributed by atoms with van der Waals surface area (Å²) in [6, 6.07) is 4.73. The van der Waals surface area contributed by atoms with Crippen LogP contribution in [0.15, 0.2) is 22.7 Å². The van der Waals surface area contributed by atoms with Gasteiger partial charge in [-0.2, -0.15) is 0 Å². The molecule has 88 valence electrons. The third-order valence-corrected chi connectivity index (χ3v) is 3.38. The normalized spacial score (nSPS) is 10.6. The standard InChI is InChI=1S/C10H11BrINO3/c11-6-1-2-9(12)8(3-6)10(16)13-7(4-14)5-15/h1-3,7,14-15H,4-5H2,(H,13,16). The van der Waals surface area contributed by atoms with E-state index in [1.54, 1.807) is 6.07 Å². The van der Waals surface area contributed by atoms with Gasteiger partial charge in [-0.1, -0.05) is 15.9 Å². The van der Waals surface area contributed by atoms with Crippen molar-refractivity contribution < 1.29 is 15.0 Å². The molecule has 0 aliphatic heterocycles. The van der Waals surface area contributed by atoms with Gasteiger partial charge in [0.1, 0.15) is 0 Å². The van der Waals surface area contributed by atoms with Gasteiger partial charge in [-0.05, 0) is 40.8 Å². The average molecular weight is 400 g/mol. The first-order valence-corrected chi connectivity index (χ1v) is 6.43. The van der Waals surface area contributed by atoms with Crippen molar-refractivity contribution in [3.63, 3.8) is 0 Å². The van der Waals surface area contributed by atoms with Crippen molar-refractivity contribution in [3.8, 4) is 0 Å².